The zero-order chi connectivity index (χ0) is 10.2. The minimum absolute atomic E-state index is 1.04. The number of aromatic nitrogens is 2. The van der Waals surface area contributed by atoms with Crippen molar-refractivity contribution >= 4 is 12.6 Å². The number of imidazole rings is 1. The van der Waals surface area contributed by atoms with Crippen LogP contribution in [0.5, 0.6) is 0 Å². The standard InChI is InChI=1S/C11H20N2S/c1-12-8-9-13(11-12)7-5-3-2-4-6-10-14/h8-9,11H,2-7,10H2,1H3/p+1. The smallest absolute Gasteiger partial charge is 0.240 e. The molecule has 0 aliphatic carbocycles. The summed E-state index contributed by atoms with van der Waals surface area (Å²) in [6.45, 7) is 1.15. The Balaban J connectivity index is 1.99. The van der Waals surface area contributed by atoms with E-state index in [-0.39, 0.29) is 0 Å². The minimum Gasteiger partial charge on any atom is -0.240 e. The van der Waals surface area contributed by atoms with E-state index in [0.717, 1.165) is 12.3 Å². The molecule has 0 aromatic carbocycles. The maximum Gasteiger partial charge on any atom is 0.243 e. The van der Waals surface area contributed by atoms with Gasteiger partial charge in [-0.3, -0.25) is 0 Å². The van der Waals surface area contributed by atoms with E-state index < -0.39 is 0 Å². The van der Waals surface area contributed by atoms with Gasteiger partial charge in [-0.15, -0.1) is 0 Å². The molecule has 80 valence electrons. The number of thiol groups is 1. The van der Waals surface area contributed by atoms with Gasteiger partial charge in [0, 0.05) is 0 Å². The van der Waals surface area contributed by atoms with Crippen molar-refractivity contribution in [2.75, 3.05) is 5.75 Å². The molecule has 0 amide bonds. The predicted molar refractivity (Wildman–Crippen MR) is 62.5 cm³/mol. The molecule has 2 nitrogen and oxygen atoms in total. The summed E-state index contributed by atoms with van der Waals surface area (Å²) in [6.07, 6.45) is 12.9. The summed E-state index contributed by atoms with van der Waals surface area (Å²) in [5, 5.41) is 0. The number of rotatable bonds is 7. The highest BCUT2D eigenvalue weighted by Gasteiger charge is 1.98. The Morgan fingerprint density at radius 2 is 1.86 bits per heavy atom. The van der Waals surface area contributed by atoms with Crippen molar-refractivity contribution in [3.05, 3.63) is 18.7 Å². The third-order valence-corrected chi connectivity index (χ3v) is 2.71. The summed E-state index contributed by atoms with van der Waals surface area (Å²) in [4.78, 5) is 0. The van der Waals surface area contributed by atoms with E-state index in [9.17, 15) is 0 Å². The Kier molecular flexibility index (Phi) is 5.76. The molecule has 0 bridgehead atoms. The van der Waals surface area contributed by atoms with Crippen molar-refractivity contribution in [1.82, 2.24) is 4.57 Å². The summed E-state index contributed by atoms with van der Waals surface area (Å²) < 4.78 is 4.33. The zero-order valence-electron chi connectivity index (χ0n) is 9.02. The molecule has 1 rings (SSSR count). The van der Waals surface area contributed by atoms with Crippen LogP contribution < -0.4 is 4.57 Å². The average Bonchev–Trinajstić information content (AvgIpc) is 2.58. The highest BCUT2D eigenvalue weighted by molar-refractivity contribution is 7.80. The quantitative estimate of drug-likeness (QED) is 0.404. The van der Waals surface area contributed by atoms with Crippen molar-refractivity contribution in [1.29, 1.82) is 0 Å². The van der Waals surface area contributed by atoms with E-state index >= 15 is 0 Å². The van der Waals surface area contributed by atoms with Gasteiger partial charge in [0.2, 0.25) is 6.33 Å². The van der Waals surface area contributed by atoms with Crippen LogP contribution in [0.3, 0.4) is 0 Å². The average molecular weight is 213 g/mol. The Labute approximate surface area is 92.4 Å². The number of hydrogen-bond acceptors (Lipinski definition) is 1. The van der Waals surface area contributed by atoms with Crippen LogP contribution in [0.1, 0.15) is 32.1 Å². The van der Waals surface area contributed by atoms with Gasteiger partial charge in [-0.05, 0) is 25.0 Å². The fraction of sp³-hybridized carbons (Fsp3) is 0.727. The third-order valence-electron chi connectivity index (χ3n) is 2.40. The lowest BCUT2D eigenvalue weighted by Gasteiger charge is -1.98. The first-order valence-corrected chi connectivity index (χ1v) is 6.08. The molecule has 0 unspecified atom stereocenters. The Morgan fingerprint density at radius 1 is 1.14 bits per heavy atom. The number of hydrogen-bond donors (Lipinski definition) is 1. The summed E-state index contributed by atoms with van der Waals surface area (Å²) in [6, 6.07) is 0. The van der Waals surface area contributed by atoms with Gasteiger partial charge in [0.05, 0.1) is 13.6 Å². The lowest BCUT2D eigenvalue weighted by Crippen LogP contribution is -2.23. The molecule has 3 heteroatoms. The highest BCUT2D eigenvalue weighted by atomic mass is 32.1. The normalized spacial score (nSPS) is 10.7. The van der Waals surface area contributed by atoms with Crippen molar-refractivity contribution in [3.8, 4) is 0 Å². The second kappa shape index (κ2) is 6.93. The summed E-state index contributed by atoms with van der Waals surface area (Å²) in [5.74, 6) is 1.04. The summed E-state index contributed by atoms with van der Waals surface area (Å²) in [5.41, 5.74) is 0. The number of nitrogens with zero attached hydrogens (tertiary/aromatic N) is 2. The Bertz CT molecular complexity index is 245. The molecular weight excluding hydrogens is 192 g/mol. The van der Waals surface area contributed by atoms with Crippen LogP contribution in [0.4, 0.5) is 0 Å². The Hall–Kier alpha value is -0.440. The SMILES string of the molecule is C[n+]1ccn(CCCCCCCS)c1. The van der Waals surface area contributed by atoms with Gasteiger partial charge in [-0.1, -0.05) is 12.8 Å². The van der Waals surface area contributed by atoms with Gasteiger partial charge in [-0.25, -0.2) is 9.13 Å². The first-order chi connectivity index (χ1) is 6.83. The second-order valence-corrected chi connectivity index (χ2v) is 4.26. The first kappa shape index (κ1) is 11.6. The van der Waals surface area contributed by atoms with E-state index in [4.69, 9.17) is 0 Å². The minimum atomic E-state index is 1.04. The molecule has 1 heterocycles. The van der Waals surface area contributed by atoms with Gasteiger partial charge >= 0.3 is 0 Å². The fourth-order valence-electron chi connectivity index (χ4n) is 1.57. The van der Waals surface area contributed by atoms with Crippen LogP contribution in [0.25, 0.3) is 0 Å². The van der Waals surface area contributed by atoms with Crippen LogP contribution in [0.2, 0.25) is 0 Å². The largest absolute Gasteiger partial charge is 0.243 e. The summed E-state index contributed by atoms with van der Waals surface area (Å²) in [7, 11) is 2.06. The van der Waals surface area contributed by atoms with Gasteiger partial charge in [-0.2, -0.15) is 12.6 Å². The molecule has 0 aliphatic heterocycles. The van der Waals surface area contributed by atoms with Gasteiger partial charge in [0.25, 0.3) is 0 Å². The van der Waals surface area contributed by atoms with Crippen molar-refractivity contribution in [2.45, 2.75) is 38.6 Å². The molecule has 0 spiro atoms. The second-order valence-electron chi connectivity index (χ2n) is 3.81. The zero-order valence-corrected chi connectivity index (χ0v) is 9.92. The van der Waals surface area contributed by atoms with E-state index in [2.05, 4.69) is 47.5 Å². The van der Waals surface area contributed by atoms with Crippen molar-refractivity contribution < 1.29 is 4.57 Å². The van der Waals surface area contributed by atoms with E-state index in [0.29, 0.717) is 0 Å². The lowest BCUT2D eigenvalue weighted by atomic mass is 10.1. The van der Waals surface area contributed by atoms with Gasteiger partial charge in [0.1, 0.15) is 12.4 Å². The molecule has 0 saturated carbocycles. The number of unbranched alkanes of at least 4 members (excludes halogenated alkanes) is 4. The number of aryl methyl sites for hydroxylation is 2. The fourth-order valence-corrected chi connectivity index (χ4v) is 1.79. The molecule has 14 heavy (non-hydrogen) atoms. The molecule has 1 aromatic heterocycles. The predicted octanol–water partition coefficient (Wildman–Crippen LogP) is 2.19. The van der Waals surface area contributed by atoms with Crippen LogP contribution in [-0.4, -0.2) is 10.3 Å². The molecule has 0 radical (unpaired) electrons. The van der Waals surface area contributed by atoms with Crippen LogP contribution in [-0.2, 0) is 13.6 Å². The molecule has 0 saturated heterocycles. The molecule has 0 atom stereocenters. The van der Waals surface area contributed by atoms with E-state index in [1.54, 1.807) is 0 Å². The maximum absolute atomic E-state index is 4.20. The molecule has 0 fully saturated rings. The first-order valence-electron chi connectivity index (χ1n) is 5.45. The maximum atomic E-state index is 4.20. The topological polar surface area (TPSA) is 8.81 Å². The highest BCUT2D eigenvalue weighted by Crippen LogP contribution is 2.04. The van der Waals surface area contributed by atoms with Crippen LogP contribution in [0, 0.1) is 0 Å². The lowest BCUT2D eigenvalue weighted by molar-refractivity contribution is -0.671. The molecule has 1 aromatic rings. The molecule has 0 N–H and O–H groups in total. The van der Waals surface area contributed by atoms with Crippen molar-refractivity contribution in [3.63, 3.8) is 0 Å². The third kappa shape index (κ3) is 4.70. The monoisotopic (exact) mass is 213 g/mol. The molecule has 0 aliphatic rings. The van der Waals surface area contributed by atoms with Crippen LogP contribution >= 0.6 is 12.6 Å². The van der Waals surface area contributed by atoms with Gasteiger partial charge < -0.3 is 0 Å². The van der Waals surface area contributed by atoms with Gasteiger partial charge in [0.15, 0.2) is 0 Å². The summed E-state index contributed by atoms with van der Waals surface area (Å²) >= 11 is 4.20. The van der Waals surface area contributed by atoms with Crippen molar-refractivity contribution in [2.24, 2.45) is 7.05 Å². The van der Waals surface area contributed by atoms with E-state index in [1.807, 2.05) is 0 Å². The molecular formula is C11H21N2S+. The van der Waals surface area contributed by atoms with Crippen LogP contribution in [0.15, 0.2) is 18.7 Å². The van der Waals surface area contributed by atoms with E-state index in [1.165, 1.54) is 32.1 Å². The Morgan fingerprint density at radius 3 is 2.50 bits per heavy atom.